The number of halogens is 1. The minimum Gasteiger partial charge on any atom is -0.289 e. The van der Waals surface area contributed by atoms with Crippen molar-refractivity contribution in [2.24, 2.45) is 0 Å². The lowest BCUT2D eigenvalue weighted by Crippen LogP contribution is -1.66. The molecular formula is C7H3ClO. The predicted molar refractivity (Wildman–Crippen MR) is 37.6 cm³/mol. The molecule has 0 aliphatic heterocycles. The van der Waals surface area contributed by atoms with E-state index in [2.05, 4.69) is 0 Å². The first kappa shape index (κ1) is 5.00. The second-order valence-electron chi connectivity index (χ2n) is 2.02. The minimum absolute atomic E-state index is 0.141. The van der Waals surface area contributed by atoms with E-state index in [4.69, 9.17) is 11.6 Å². The molecule has 0 aliphatic rings. The molecule has 0 heterocycles. The second kappa shape index (κ2) is 1.36. The van der Waals surface area contributed by atoms with Gasteiger partial charge in [0.15, 0.2) is 5.43 Å². The quantitative estimate of drug-likeness (QED) is 0.542. The third-order valence-corrected chi connectivity index (χ3v) is 1.64. The van der Waals surface area contributed by atoms with E-state index in [9.17, 15) is 4.79 Å². The lowest BCUT2D eigenvalue weighted by molar-refractivity contribution is 1.89. The Hall–Kier alpha value is -0.820. The van der Waals surface area contributed by atoms with Crippen LogP contribution in [0, 0.1) is 0 Å². The zero-order valence-corrected chi connectivity index (χ0v) is 5.27. The Labute approximate surface area is 56.5 Å². The van der Waals surface area contributed by atoms with Crippen molar-refractivity contribution in [1.29, 1.82) is 0 Å². The number of hydrogen-bond donors (Lipinski definition) is 0. The molecule has 2 heteroatoms. The molecule has 0 aromatic heterocycles. The van der Waals surface area contributed by atoms with Crippen molar-refractivity contribution < 1.29 is 0 Å². The van der Waals surface area contributed by atoms with Gasteiger partial charge in [-0.2, -0.15) is 0 Å². The van der Waals surface area contributed by atoms with Crippen LogP contribution in [-0.4, -0.2) is 0 Å². The Balaban J connectivity index is 2.89. The Morgan fingerprint density at radius 1 is 1.22 bits per heavy atom. The molecule has 0 amide bonds. The maximum Gasteiger partial charge on any atom is 0.194 e. The summed E-state index contributed by atoms with van der Waals surface area (Å²) in [6.07, 6.45) is 0. The first-order valence-corrected chi connectivity index (χ1v) is 3.01. The van der Waals surface area contributed by atoms with Crippen molar-refractivity contribution in [3.05, 3.63) is 33.4 Å². The highest BCUT2D eigenvalue weighted by Gasteiger charge is 2.10. The molecule has 2 rings (SSSR count). The molecular weight excluding hydrogens is 136 g/mol. The standard InChI is InChI=1S/C7H3ClO/c8-4-1-2-5-6(3-4)7(5)9/h1-3H. The van der Waals surface area contributed by atoms with E-state index in [1.54, 1.807) is 18.2 Å². The van der Waals surface area contributed by atoms with Crippen molar-refractivity contribution >= 4 is 22.4 Å². The Kier molecular flexibility index (Phi) is 0.758. The topological polar surface area (TPSA) is 17.1 Å². The zero-order valence-electron chi connectivity index (χ0n) is 4.52. The maximum absolute atomic E-state index is 10.6. The lowest BCUT2D eigenvalue weighted by atomic mass is 10.4. The number of benzene rings is 1. The summed E-state index contributed by atoms with van der Waals surface area (Å²) in [5.41, 5.74) is 0.141. The van der Waals surface area contributed by atoms with E-state index in [1.165, 1.54) is 0 Å². The predicted octanol–water partition coefficient (Wildman–Crippen LogP) is 1.73. The van der Waals surface area contributed by atoms with Crippen LogP contribution in [0.4, 0.5) is 0 Å². The van der Waals surface area contributed by atoms with Crippen LogP contribution in [0.25, 0.3) is 10.8 Å². The van der Waals surface area contributed by atoms with Gasteiger partial charge in [0.2, 0.25) is 0 Å². The van der Waals surface area contributed by atoms with E-state index < -0.39 is 0 Å². The van der Waals surface area contributed by atoms with Crippen molar-refractivity contribution in [3.8, 4) is 0 Å². The smallest absolute Gasteiger partial charge is 0.194 e. The molecule has 9 heavy (non-hydrogen) atoms. The third-order valence-electron chi connectivity index (χ3n) is 1.41. The van der Waals surface area contributed by atoms with Crippen LogP contribution in [0.3, 0.4) is 0 Å². The van der Waals surface area contributed by atoms with Crippen LogP contribution in [0.15, 0.2) is 23.0 Å². The molecule has 0 spiro atoms. The van der Waals surface area contributed by atoms with Gasteiger partial charge >= 0.3 is 0 Å². The van der Waals surface area contributed by atoms with Crippen LogP contribution in [0.5, 0.6) is 0 Å². The summed E-state index contributed by atoms with van der Waals surface area (Å²) in [4.78, 5) is 10.6. The number of rotatable bonds is 0. The van der Waals surface area contributed by atoms with Crippen LogP contribution < -0.4 is 5.43 Å². The summed E-state index contributed by atoms with van der Waals surface area (Å²) in [6.45, 7) is 0. The first-order valence-electron chi connectivity index (χ1n) is 2.63. The highest BCUT2D eigenvalue weighted by molar-refractivity contribution is 6.31. The van der Waals surface area contributed by atoms with E-state index in [-0.39, 0.29) is 5.43 Å². The fraction of sp³-hybridized carbons (Fsp3) is 0. The molecule has 0 saturated heterocycles. The first-order chi connectivity index (χ1) is 4.29. The highest BCUT2D eigenvalue weighted by atomic mass is 35.5. The fourth-order valence-corrected chi connectivity index (χ4v) is 1.03. The summed E-state index contributed by atoms with van der Waals surface area (Å²) in [5.74, 6) is 0. The Morgan fingerprint density at radius 3 is 2.56 bits per heavy atom. The fourth-order valence-electron chi connectivity index (χ4n) is 0.856. The zero-order chi connectivity index (χ0) is 6.43. The third kappa shape index (κ3) is 0.583. The van der Waals surface area contributed by atoms with E-state index in [0.29, 0.717) is 5.02 Å². The molecule has 0 aliphatic carbocycles. The van der Waals surface area contributed by atoms with Gasteiger partial charge in [-0.25, -0.2) is 0 Å². The summed E-state index contributed by atoms with van der Waals surface area (Å²) < 4.78 is 0. The van der Waals surface area contributed by atoms with Gasteiger partial charge in [0.05, 0.1) is 0 Å². The van der Waals surface area contributed by atoms with Crippen molar-refractivity contribution in [2.45, 2.75) is 0 Å². The van der Waals surface area contributed by atoms with Gasteiger partial charge in [-0.15, -0.1) is 0 Å². The van der Waals surface area contributed by atoms with E-state index in [0.717, 1.165) is 10.8 Å². The largest absolute Gasteiger partial charge is 0.289 e. The Morgan fingerprint density at radius 2 is 2.00 bits per heavy atom. The van der Waals surface area contributed by atoms with E-state index in [1.807, 2.05) is 0 Å². The van der Waals surface area contributed by atoms with Crippen LogP contribution in [-0.2, 0) is 0 Å². The average molecular weight is 139 g/mol. The summed E-state index contributed by atoms with van der Waals surface area (Å²) in [5, 5.41) is 2.24. The normalized spacial score (nSPS) is 11.2. The average Bonchev–Trinajstić information content (AvgIpc) is 2.43. The Bertz CT molecular complexity index is 368. The van der Waals surface area contributed by atoms with Crippen molar-refractivity contribution in [3.63, 3.8) is 0 Å². The van der Waals surface area contributed by atoms with Crippen LogP contribution >= 0.6 is 11.6 Å². The van der Waals surface area contributed by atoms with Gasteiger partial charge in [0.25, 0.3) is 0 Å². The van der Waals surface area contributed by atoms with Gasteiger partial charge < -0.3 is 0 Å². The number of hydrogen-bond acceptors (Lipinski definition) is 1. The molecule has 0 fully saturated rings. The molecule has 0 atom stereocenters. The van der Waals surface area contributed by atoms with Gasteiger partial charge in [0.1, 0.15) is 0 Å². The van der Waals surface area contributed by atoms with Crippen LogP contribution in [0.2, 0.25) is 5.02 Å². The van der Waals surface area contributed by atoms with Crippen LogP contribution in [0.1, 0.15) is 0 Å². The van der Waals surface area contributed by atoms with Gasteiger partial charge in [-0.1, -0.05) is 11.6 Å². The SMILES string of the molecule is O=c1c2ccc(Cl)cc12. The molecule has 0 unspecified atom stereocenters. The maximum atomic E-state index is 10.6. The monoisotopic (exact) mass is 138 g/mol. The summed E-state index contributed by atoms with van der Waals surface area (Å²) in [6, 6.07) is 5.17. The molecule has 2 aromatic rings. The summed E-state index contributed by atoms with van der Waals surface area (Å²) >= 11 is 5.59. The molecule has 44 valence electrons. The van der Waals surface area contributed by atoms with Crippen molar-refractivity contribution in [2.75, 3.05) is 0 Å². The molecule has 1 nitrogen and oxygen atoms in total. The van der Waals surface area contributed by atoms with Gasteiger partial charge in [-0.05, 0) is 18.2 Å². The molecule has 0 N–H and O–H groups in total. The lowest BCUT2D eigenvalue weighted by Gasteiger charge is -1.77. The van der Waals surface area contributed by atoms with E-state index >= 15 is 0 Å². The van der Waals surface area contributed by atoms with Gasteiger partial charge in [-0.3, -0.25) is 4.79 Å². The van der Waals surface area contributed by atoms with Gasteiger partial charge in [0, 0.05) is 15.8 Å². The molecule has 2 aromatic carbocycles. The minimum atomic E-state index is 0.141. The molecule has 0 radical (unpaired) electrons. The second-order valence-corrected chi connectivity index (χ2v) is 2.46. The molecule has 0 saturated carbocycles. The van der Waals surface area contributed by atoms with Crippen molar-refractivity contribution in [1.82, 2.24) is 0 Å². The highest BCUT2D eigenvalue weighted by Crippen LogP contribution is 2.19. The number of fused-ring (bicyclic) bond motifs is 1. The summed E-state index contributed by atoms with van der Waals surface area (Å²) in [7, 11) is 0. The molecule has 0 bridgehead atoms.